The Morgan fingerprint density at radius 2 is 1.80 bits per heavy atom. The van der Waals surface area contributed by atoms with Gasteiger partial charge < -0.3 is 10.6 Å². The molecule has 3 aliphatic rings. The average Bonchev–Trinajstić information content (AvgIpc) is 2.89. The highest BCUT2D eigenvalue weighted by Gasteiger charge is 2.34. The third-order valence-corrected chi connectivity index (χ3v) is 6.80. The van der Waals surface area contributed by atoms with Crippen LogP contribution in [0.2, 0.25) is 0 Å². The molecule has 5 nitrogen and oxygen atoms in total. The summed E-state index contributed by atoms with van der Waals surface area (Å²) in [7, 11) is -2.84. The van der Waals surface area contributed by atoms with Crippen LogP contribution in [-0.4, -0.2) is 44.5 Å². The summed E-state index contributed by atoms with van der Waals surface area (Å²) in [5, 5.41) is 6.52. The van der Waals surface area contributed by atoms with Crippen LogP contribution < -0.4 is 10.6 Å². The maximum absolute atomic E-state index is 12.0. The molecule has 3 heterocycles. The fourth-order valence-electron chi connectivity index (χ4n) is 3.97. The third kappa shape index (κ3) is 3.52. The molecular formula is C14H24N2O3S. The number of carbonyl (C=O) groups excluding carboxylic acids is 1. The van der Waals surface area contributed by atoms with E-state index in [0.29, 0.717) is 37.4 Å². The Morgan fingerprint density at radius 1 is 1.10 bits per heavy atom. The van der Waals surface area contributed by atoms with E-state index in [0.717, 1.165) is 12.8 Å². The Kier molecular flexibility index (Phi) is 4.04. The van der Waals surface area contributed by atoms with Crippen molar-refractivity contribution < 1.29 is 13.2 Å². The molecule has 0 aromatic carbocycles. The van der Waals surface area contributed by atoms with Gasteiger partial charge in [0.05, 0.1) is 11.5 Å². The maximum Gasteiger partial charge on any atom is 0.220 e. The molecular weight excluding hydrogens is 276 g/mol. The minimum atomic E-state index is -2.84. The Hall–Kier alpha value is -0.620. The molecule has 0 spiro atoms. The Morgan fingerprint density at radius 3 is 2.40 bits per heavy atom. The van der Waals surface area contributed by atoms with Crippen LogP contribution in [0.15, 0.2) is 0 Å². The molecule has 3 unspecified atom stereocenters. The average molecular weight is 300 g/mol. The number of hydrogen-bond donors (Lipinski definition) is 2. The van der Waals surface area contributed by atoms with Gasteiger partial charge in [0.2, 0.25) is 5.91 Å². The number of fused-ring (bicyclic) bond motifs is 2. The molecule has 2 bridgehead atoms. The smallest absolute Gasteiger partial charge is 0.220 e. The minimum absolute atomic E-state index is 0.0978. The quantitative estimate of drug-likeness (QED) is 0.791. The number of rotatable bonds is 4. The Balaban J connectivity index is 1.39. The van der Waals surface area contributed by atoms with Gasteiger partial charge in [0.1, 0.15) is 0 Å². The van der Waals surface area contributed by atoms with Crippen LogP contribution in [0, 0.1) is 11.8 Å². The molecule has 3 rings (SSSR count). The van der Waals surface area contributed by atoms with E-state index in [1.54, 1.807) is 0 Å². The molecule has 0 aliphatic carbocycles. The van der Waals surface area contributed by atoms with Crippen LogP contribution in [0.3, 0.4) is 0 Å². The largest absolute Gasteiger partial charge is 0.356 e. The van der Waals surface area contributed by atoms with Crippen LogP contribution in [0.4, 0.5) is 0 Å². The van der Waals surface area contributed by atoms with Crippen molar-refractivity contribution >= 4 is 15.7 Å². The van der Waals surface area contributed by atoms with Crippen LogP contribution in [0.5, 0.6) is 0 Å². The van der Waals surface area contributed by atoms with Gasteiger partial charge in [-0.05, 0) is 43.9 Å². The summed E-state index contributed by atoms with van der Waals surface area (Å²) in [5.41, 5.74) is 0. The highest BCUT2D eigenvalue weighted by atomic mass is 32.2. The van der Waals surface area contributed by atoms with Crippen LogP contribution in [0.1, 0.15) is 38.5 Å². The van der Waals surface area contributed by atoms with E-state index in [-0.39, 0.29) is 23.3 Å². The van der Waals surface area contributed by atoms with Crippen LogP contribution in [0.25, 0.3) is 0 Å². The second-order valence-electron chi connectivity index (χ2n) is 6.75. The summed E-state index contributed by atoms with van der Waals surface area (Å²) in [5.74, 6) is 1.24. The predicted molar refractivity (Wildman–Crippen MR) is 77.1 cm³/mol. The SMILES string of the molecule is O=C(CC1CC2CCC(C1)N2)NCC1CCS(=O)(=O)C1. The summed E-state index contributed by atoms with van der Waals surface area (Å²) in [6.07, 6.45) is 6.03. The predicted octanol–water partition coefficient (Wildman–Crippen LogP) is 0.458. The lowest BCUT2D eigenvalue weighted by Crippen LogP contribution is -2.40. The molecule has 114 valence electrons. The number of nitrogens with one attached hydrogen (secondary N) is 2. The van der Waals surface area contributed by atoms with Gasteiger partial charge in [0.15, 0.2) is 9.84 Å². The zero-order valence-electron chi connectivity index (χ0n) is 11.8. The summed E-state index contributed by atoms with van der Waals surface area (Å²) >= 11 is 0. The Labute approximate surface area is 120 Å². The van der Waals surface area contributed by atoms with Gasteiger partial charge in [-0.3, -0.25) is 4.79 Å². The van der Waals surface area contributed by atoms with Gasteiger partial charge in [-0.1, -0.05) is 0 Å². The van der Waals surface area contributed by atoms with E-state index in [9.17, 15) is 13.2 Å². The van der Waals surface area contributed by atoms with Gasteiger partial charge in [0, 0.05) is 25.0 Å². The van der Waals surface area contributed by atoms with Crippen molar-refractivity contribution in [2.45, 2.75) is 50.6 Å². The highest BCUT2D eigenvalue weighted by molar-refractivity contribution is 7.91. The third-order valence-electron chi connectivity index (χ3n) is 4.96. The first-order valence-corrected chi connectivity index (χ1v) is 9.55. The summed E-state index contributed by atoms with van der Waals surface area (Å²) in [4.78, 5) is 12.0. The molecule has 20 heavy (non-hydrogen) atoms. The minimum Gasteiger partial charge on any atom is -0.356 e. The molecule has 6 heteroatoms. The van der Waals surface area contributed by atoms with Gasteiger partial charge in [0.25, 0.3) is 0 Å². The number of piperidine rings is 1. The lowest BCUT2D eigenvalue weighted by molar-refractivity contribution is -0.122. The molecule has 0 aromatic rings. The molecule has 3 fully saturated rings. The second-order valence-corrected chi connectivity index (χ2v) is 8.98. The van der Waals surface area contributed by atoms with E-state index in [2.05, 4.69) is 10.6 Å². The molecule has 1 amide bonds. The van der Waals surface area contributed by atoms with E-state index in [1.165, 1.54) is 12.8 Å². The number of hydrogen-bond acceptors (Lipinski definition) is 4. The fraction of sp³-hybridized carbons (Fsp3) is 0.929. The lowest BCUT2D eigenvalue weighted by atomic mass is 9.89. The summed E-state index contributed by atoms with van der Waals surface area (Å²) in [6, 6.07) is 1.23. The first-order valence-electron chi connectivity index (χ1n) is 7.73. The number of carbonyl (C=O) groups is 1. The summed E-state index contributed by atoms with van der Waals surface area (Å²) in [6.45, 7) is 0.524. The molecule has 3 saturated heterocycles. The molecule has 2 N–H and O–H groups in total. The molecule has 0 saturated carbocycles. The molecule has 3 aliphatic heterocycles. The van der Waals surface area contributed by atoms with E-state index in [4.69, 9.17) is 0 Å². The Bertz CT molecular complexity index is 465. The van der Waals surface area contributed by atoms with Gasteiger partial charge in [-0.25, -0.2) is 8.42 Å². The molecule has 0 radical (unpaired) electrons. The van der Waals surface area contributed by atoms with Crippen molar-refractivity contribution in [2.24, 2.45) is 11.8 Å². The van der Waals surface area contributed by atoms with Gasteiger partial charge in [-0.15, -0.1) is 0 Å². The topological polar surface area (TPSA) is 75.3 Å². The maximum atomic E-state index is 12.0. The van der Waals surface area contributed by atoms with E-state index >= 15 is 0 Å². The lowest BCUT2D eigenvalue weighted by Gasteiger charge is -2.28. The van der Waals surface area contributed by atoms with Crippen molar-refractivity contribution in [1.29, 1.82) is 0 Å². The highest BCUT2D eigenvalue weighted by Crippen LogP contribution is 2.32. The fourth-order valence-corrected chi connectivity index (χ4v) is 5.83. The first kappa shape index (κ1) is 14.3. The first-order chi connectivity index (χ1) is 9.50. The van der Waals surface area contributed by atoms with Crippen molar-refractivity contribution in [3.8, 4) is 0 Å². The van der Waals surface area contributed by atoms with Crippen molar-refractivity contribution in [2.75, 3.05) is 18.1 Å². The zero-order chi connectivity index (χ0) is 14.2. The van der Waals surface area contributed by atoms with Crippen LogP contribution >= 0.6 is 0 Å². The van der Waals surface area contributed by atoms with Crippen molar-refractivity contribution in [1.82, 2.24) is 10.6 Å². The summed E-state index contributed by atoms with van der Waals surface area (Å²) < 4.78 is 22.7. The van der Waals surface area contributed by atoms with Gasteiger partial charge >= 0.3 is 0 Å². The molecule has 3 atom stereocenters. The normalized spacial score (nSPS) is 38.8. The van der Waals surface area contributed by atoms with E-state index in [1.807, 2.05) is 0 Å². The van der Waals surface area contributed by atoms with Crippen LogP contribution in [-0.2, 0) is 14.6 Å². The monoisotopic (exact) mass is 300 g/mol. The number of amides is 1. The molecule has 0 aromatic heterocycles. The van der Waals surface area contributed by atoms with E-state index < -0.39 is 9.84 Å². The van der Waals surface area contributed by atoms with Gasteiger partial charge in [-0.2, -0.15) is 0 Å². The zero-order valence-corrected chi connectivity index (χ0v) is 12.6. The second kappa shape index (κ2) is 5.64. The standard InChI is InChI=1S/C14H24N2O3S/c17-14(15-8-10-3-4-20(18,19)9-10)7-11-5-12-1-2-13(6-11)16-12/h10-13,16H,1-9H2,(H,15,17). The van der Waals surface area contributed by atoms with Crippen molar-refractivity contribution in [3.63, 3.8) is 0 Å². The van der Waals surface area contributed by atoms with Crippen molar-refractivity contribution in [3.05, 3.63) is 0 Å². The number of sulfone groups is 1.